The highest BCUT2D eigenvalue weighted by molar-refractivity contribution is 7.89. The Bertz CT molecular complexity index is 709. The molecular weight excluding hydrogens is 320 g/mol. The summed E-state index contributed by atoms with van der Waals surface area (Å²) in [5.74, 6) is 2.43. The molecule has 4 nitrogen and oxygen atoms in total. The predicted molar refractivity (Wildman–Crippen MR) is 97.5 cm³/mol. The van der Waals surface area contributed by atoms with Crippen molar-refractivity contribution < 1.29 is 8.42 Å². The van der Waals surface area contributed by atoms with Crippen molar-refractivity contribution in [1.29, 1.82) is 0 Å². The van der Waals surface area contributed by atoms with Crippen molar-refractivity contribution >= 4 is 15.7 Å². The van der Waals surface area contributed by atoms with E-state index in [4.69, 9.17) is 0 Å². The molecule has 3 rings (SSSR count). The maximum absolute atomic E-state index is 12.4. The second-order valence-corrected chi connectivity index (χ2v) is 9.17. The molecule has 132 valence electrons. The van der Waals surface area contributed by atoms with Crippen molar-refractivity contribution in [3.8, 4) is 0 Å². The van der Waals surface area contributed by atoms with E-state index in [-0.39, 0.29) is 4.90 Å². The zero-order chi connectivity index (χ0) is 17.3. The van der Waals surface area contributed by atoms with E-state index >= 15 is 0 Å². The lowest BCUT2D eigenvalue weighted by atomic mass is 9.86. The first-order valence-electron chi connectivity index (χ1n) is 9.06. The summed E-state index contributed by atoms with van der Waals surface area (Å²) in [7, 11) is -3.58. The summed E-state index contributed by atoms with van der Waals surface area (Å²) in [6.45, 7) is 6.23. The van der Waals surface area contributed by atoms with E-state index in [1.807, 2.05) is 19.1 Å². The van der Waals surface area contributed by atoms with Crippen LogP contribution in [0.15, 0.2) is 34.3 Å². The fourth-order valence-corrected chi connectivity index (χ4v) is 5.10. The van der Waals surface area contributed by atoms with Crippen LogP contribution in [-0.4, -0.2) is 14.1 Å². The van der Waals surface area contributed by atoms with E-state index in [0.29, 0.717) is 17.8 Å². The lowest BCUT2D eigenvalue weighted by molar-refractivity contribution is 0.413. The van der Waals surface area contributed by atoms with E-state index in [1.54, 1.807) is 12.1 Å². The molecule has 2 aliphatic rings. The van der Waals surface area contributed by atoms with Crippen molar-refractivity contribution in [3.63, 3.8) is 0 Å². The van der Waals surface area contributed by atoms with Crippen LogP contribution in [0.1, 0.15) is 64.4 Å². The lowest BCUT2D eigenvalue weighted by Crippen LogP contribution is -2.24. The average molecular weight is 349 g/mol. The van der Waals surface area contributed by atoms with Gasteiger partial charge in [-0.3, -0.25) is 0 Å². The third-order valence-electron chi connectivity index (χ3n) is 5.99. The van der Waals surface area contributed by atoms with Crippen LogP contribution < -0.4 is 4.83 Å². The summed E-state index contributed by atoms with van der Waals surface area (Å²) < 4.78 is 24.9. The maximum Gasteiger partial charge on any atom is 0.276 e. The third kappa shape index (κ3) is 3.51. The molecular formula is C19H28N2O2S. The molecule has 4 atom stereocenters. The van der Waals surface area contributed by atoms with Crippen LogP contribution in [0.5, 0.6) is 0 Å². The van der Waals surface area contributed by atoms with E-state index in [1.165, 1.54) is 25.7 Å². The third-order valence-corrected chi connectivity index (χ3v) is 7.21. The van der Waals surface area contributed by atoms with Gasteiger partial charge in [0.15, 0.2) is 0 Å². The monoisotopic (exact) mass is 348 g/mol. The molecule has 0 aliphatic heterocycles. The number of hydrogen-bond acceptors (Lipinski definition) is 3. The summed E-state index contributed by atoms with van der Waals surface area (Å²) in [6, 6.07) is 7.14. The Morgan fingerprint density at radius 3 is 2.50 bits per heavy atom. The van der Waals surface area contributed by atoms with Gasteiger partial charge in [0.05, 0.1) is 4.90 Å². The summed E-state index contributed by atoms with van der Waals surface area (Å²) in [4.78, 5) is 2.71. The minimum Gasteiger partial charge on any atom is -0.200 e. The van der Waals surface area contributed by atoms with Gasteiger partial charge in [0.2, 0.25) is 0 Å². The highest BCUT2D eigenvalue weighted by atomic mass is 32.2. The molecule has 1 aromatic carbocycles. The normalized spacial score (nSPS) is 28.1. The molecule has 0 saturated heterocycles. The lowest BCUT2D eigenvalue weighted by Gasteiger charge is -2.21. The summed E-state index contributed by atoms with van der Waals surface area (Å²) >= 11 is 0. The van der Waals surface area contributed by atoms with Crippen LogP contribution in [0.4, 0.5) is 0 Å². The first-order chi connectivity index (χ1) is 11.4. The van der Waals surface area contributed by atoms with Gasteiger partial charge in [-0.15, -0.1) is 0 Å². The van der Waals surface area contributed by atoms with Gasteiger partial charge >= 0.3 is 0 Å². The number of benzene rings is 1. The average Bonchev–Trinajstić information content (AvgIpc) is 3.22. The highest BCUT2D eigenvalue weighted by Gasteiger charge is 2.40. The van der Waals surface area contributed by atoms with Crippen LogP contribution in [-0.2, 0) is 10.0 Å². The van der Waals surface area contributed by atoms with Gasteiger partial charge in [-0.1, -0.05) is 32.4 Å². The van der Waals surface area contributed by atoms with E-state index in [2.05, 4.69) is 23.8 Å². The molecule has 0 heterocycles. The number of hydrazone groups is 1. The Morgan fingerprint density at radius 1 is 1.25 bits per heavy atom. The molecule has 24 heavy (non-hydrogen) atoms. The zero-order valence-electron chi connectivity index (χ0n) is 14.8. The topological polar surface area (TPSA) is 58.5 Å². The van der Waals surface area contributed by atoms with Crippen LogP contribution >= 0.6 is 0 Å². The maximum atomic E-state index is 12.4. The van der Waals surface area contributed by atoms with Crippen molar-refractivity contribution in [1.82, 2.24) is 4.83 Å². The Balaban J connectivity index is 1.68. The molecule has 5 heteroatoms. The highest BCUT2D eigenvalue weighted by Crippen LogP contribution is 2.48. The molecule has 0 radical (unpaired) electrons. The molecule has 4 unspecified atom stereocenters. The molecule has 1 aromatic rings. The van der Waals surface area contributed by atoms with Gasteiger partial charge in [0.1, 0.15) is 0 Å². The van der Waals surface area contributed by atoms with E-state index < -0.39 is 10.0 Å². The molecule has 2 bridgehead atoms. The van der Waals surface area contributed by atoms with Crippen molar-refractivity contribution in [2.24, 2.45) is 22.9 Å². The molecule has 1 N–H and O–H groups in total. The Hall–Kier alpha value is -1.36. The fourth-order valence-electron chi connectivity index (χ4n) is 4.24. The molecule has 2 fully saturated rings. The molecule has 2 aliphatic carbocycles. The van der Waals surface area contributed by atoms with Crippen LogP contribution in [0.3, 0.4) is 0 Å². The predicted octanol–water partition coefficient (Wildman–Crippen LogP) is 4.29. The number of rotatable bonds is 6. The first kappa shape index (κ1) is 17.5. The Kier molecular flexibility index (Phi) is 5.00. The van der Waals surface area contributed by atoms with Crippen LogP contribution in [0.2, 0.25) is 0 Å². The summed E-state index contributed by atoms with van der Waals surface area (Å²) in [5, 5.41) is 4.23. The van der Waals surface area contributed by atoms with Crippen LogP contribution in [0.25, 0.3) is 0 Å². The molecule has 0 aromatic heterocycles. The number of nitrogens with one attached hydrogen (secondary N) is 1. The molecule has 2 saturated carbocycles. The molecule has 0 spiro atoms. The second kappa shape index (κ2) is 6.87. The van der Waals surface area contributed by atoms with Gasteiger partial charge in [0, 0.05) is 11.6 Å². The van der Waals surface area contributed by atoms with E-state index in [9.17, 15) is 8.42 Å². The zero-order valence-corrected chi connectivity index (χ0v) is 15.6. The van der Waals surface area contributed by atoms with Crippen LogP contribution in [0, 0.1) is 17.8 Å². The van der Waals surface area contributed by atoms with Gasteiger partial charge < -0.3 is 0 Å². The van der Waals surface area contributed by atoms with Crippen molar-refractivity contribution in [2.75, 3.05) is 0 Å². The van der Waals surface area contributed by atoms with E-state index in [0.717, 1.165) is 23.6 Å². The second-order valence-electron chi connectivity index (χ2n) is 7.51. The quantitative estimate of drug-likeness (QED) is 0.616. The SMILES string of the molecule is CCC(C)c1ccc(S(=O)(=O)N/N=C(\C)C2CC3CCC2C3)cc1. The van der Waals surface area contributed by atoms with Crippen molar-refractivity contribution in [2.45, 2.75) is 63.7 Å². The largest absolute Gasteiger partial charge is 0.276 e. The first-order valence-corrected chi connectivity index (χ1v) is 10.5. The number of nitrogens with zero attached hydrogens (tertiary/aromatic N) is 1. The summed E-state index contributed by atoms with van der Waals surface area (Å²) in [6.07, 6.45) is 6.11. The number of hydrogen-bond donors (Lipinski definition) is 1. The summed E-state index contributed by atoms with van der Waals surface area (Å²) in [5.41, 5.74) is 2.10. The number of fused-ring (bicyclic) bond motifs is 2. The smallest absolute Gasteiger partial charge is 0.200 e. The minimum absolute atomic E-state index is 0.277. The van der Waals surface area contributed by atoms with Gasteiger partial charge in [-0.25, -0.2) is 4.83 Å². The Morgan fingerprint density at radius 2 is 1.96 bits per heavy atom. The molecule has 0 amide bonds. The van der Waals surface area contributed by atoms with Gasteiger partial charge in [-0.05, 0) is 68.1 Å². The van der Waals surface area contributed by atoms with Crippen molar-refractivity contribution in [3.05, 3.63) is 29.8 Å². The Labute approximate surface area is 145 Å². The fraction of sp³-hybridized carbons (Fsp3) is 0.632. The number of sulfonamides is 1. The standard InChI is InChI=1S/C19H28N2O2S/c1-4-13(2)16-7-9-18(10-8-16)24(22,23)21-20-14(3)19-12-15-5-6-17(19)11-15/h7-10,13,15,17,19,21H,4-6,11-12H2,1-3H3/b20-14+. The van der Waals surface area contributed by atoms with Gasteiger partial charge in [0.25, 0.3) is 10.0 Å². The minimum atomic E-state index is -3.58. The van der Waals surface area contributed by atoms with Gasteiger partial charge in [-0.2, -0.15) is 13.5 Å².